The summed E-state index contributed by atoms with van der Waals surface area (Å²) in [5, 5.41) is 0. The van der Waals surface area contributed by atoms with E-state index in [9.17, 15) is 0 Å². The molecule has 17 heavy (non-hydrogen) atoms. The first-order valence-electron chi connectivity index (χ1n) is 6.81. The second-order valence-corrected chi connectivity index (χ2v) is 5.45. The van der Waals surface area contributed by atoms with E-state index in [4.69, 9.17) is 16.3 Å². The van der Waals surface area contributed by atoms with Crippen LogP contribution in [0, 0.1) is 0 Å². The summed E-state index contributed by atoms with van der Waals surface area (Å²) in [5.41, 5.74) is 0. The molecule has 1 rings (SSSR count). The lowest BCUT2D eigenvalue weighted by molar-refractivity contribution is -0.0515. The third kappa shape index (κ3) is 5.56. The first-order valence-corrected chi connectivity index (χ1v) is 7.34. The maximum absolute atomic E-state index is 5.86. The lowest BCUT2D eigenvalue weighted by Gasteiger charge is -2.37. The smallest absolute Gasteiger partial charge is 0.0829 e. The molecule has 0 amide bonds. The molecule has 0 aliphatic carbocycles. The highest BCUT2D eigenvalue weighted by atomic mass is 35.5. The SMILES string of the molecule is CCCN(CCCl)CC1CN(C(C)C)CCO1. The molecule has 1 aliphatic heterocycles. The zero-order valence-corrected chi connectivity index (χ0v) is 12.2. The number of rotatable bonds is 7. The lowest BCUT2D eigenvalue weighted by Crippen LogP contribution is -2.50. The number of ether oxygens (including phenoxy) is 1. The van der Waals surface area contributed by atoms with Crippen LogP contribution >= 0.6 is 11.6 Å². The maximum Gasteiger partial charge on any atom is 0.0829 e. The molecule has 0 bridgehead atoms. The fourth-order valence-corrected chi connectivity index (χ4v) is 2.58. The van der Waals surface area contributed by atoms with Gasteiger partial charge in [-0.1, -0.05) is 6.92 Å². The van der Waals surface area contributed by atoms with Gasteiger partial charge < -0.3 is 4.74 Å². The highest BCUT2D eigenvalue weighted by Crippen LogP contribution is 2.10. The van der Waals surface area contributed by atoms with Crippen molar-refractivity contribution in [1.29, 1.82) is 0 Å². The Morgan fingerprint density at radius 3 is 2.76 bits per heavy atom. The molecule has 3 nitrogen and oxygen atoms in total. The van der Waals surface area contributed by atoms with Crippen molar-refractivity contribution < 1.29 is 4.74 Å². The summed E-state index contributed by atoms with van der Waals surface area (Å²) in [6.45, 7) is 12.8. The van der Waals surface area contributed by atoms with Gasteiger partial charge in [-0.05, 0) is 26.8 Å². The third-order valence-corrected chi connectivity index (χ3v) is 3.47. The molecule has 0 saturated carbocycles. The van der Waals surface area contributed by atoms with Gasteiger partial charge in [0.2, 0.25) is 0 Å². The van der Waals surface area contributed by atoms with Crippen molar-refractivity contribution in [2.45, 2.75) is 39.3 Å². The van der Waals surface area contributed by atoms with Crippen molar-refractivity contribution in [2.75, 3.05) is 45.2 Å². The average Bonchev–Trinajstić information content (AvgIpc) is 2.30. The lowest BCUT2D eigenvalue weighted by atomic mass is 10.2. The van der Waals surface area contributed by atoms with Crippen LogP contribution in [0.15, 0.2) is 0 Å². The van der Waals surface area contributed by atoms with E-state index in [0.717, 1.165) is 39.3 Å². The Kier molecular flexibility index (Phi) is 7.44. The van der Waals surface area contributed by atoms with Gasteiger partial charge in [0, 0.05) is 38.1 Å². The first kappa shape index (κ1) is 15.2. The molecule has 0 spiro atoms. The van der Waals surface area contributed by atoms with Gasteiger partial charge in [-0.2, -0.15) is 0 Å². The Morgan fingerprint density at radius 1 is 1.41 bits per heavy atom. The highest BCUT2D eigenvalue weighted by molar-refractivity contribution is 6.18. The average molecular weight is 263 g/mol. The minimum Gasteiger partial charge on any atom is -0.374 e. The van der Waals surface area contributed by atoms with Crippen molar-refractivity contribution in [3.8, 4) is 0 Å². The van der Waals surface area contributed by atoms with Gasteiger partial charge in [0.05, 0.1) is 12.7 Å². The van der Waals surface area contributed by atoms with E-state index in [0.29, 0.717) is 18.0 Å². The van der Waals surface area contributed by atoms with Gasteiger partial charge in [-0.15, -0.1) is 11.6 Å². The molecule has 0 aromatic carbocycles. The first-order chi connectivity index (χ1) is 8.17. The van der Waals surface area contributed by atoms with Crippen LogP contribution in [0.25, 0.3) is 0 Å². The van der Waals surface area contributed by atoms with E-state index in [-0.39, 0.29) is 0 Å². The molecule has 1 aliphatic rings. The Hall–Kier alpha value is 0.170. The molecule has 0 aromatic heterocycles. The molecular weight excluding hydrogens is 236 g/mol. The Labute approximate surface area is 111 Å². The fourth-order valence-electron chi connectivity index (χ4n) is 2.34. The van der Waals surface area contributed by atoms with Gasteiger partial charge in [0.25, 0.3) is 0 Å². The minimum atomic E-state index is 0.348. The molecule has 0 aromatic rings. The zero-order chi connectivity index (χ0) is 12.7. The Bertz CT molecular complexity index is 196. The predicted molar refractivity (Wildman–Crippen MR) is 73.9 cm³/mol. The monoisotopic (exact) mass is 262 g/mol. The summed E-state index contributed by atoms with van der Waals surface area (Å²) in [5.74, 6) is 0.709. The summed E-state index contributed by atoms with van der Waals surface area (Å²) in [6.07, 6.45) is 1.53. The van der Waals surface area contributed by atoms with Crippen LogP contribution in [-0.4, -0.2) is 67.2 Å². The second kappa shape index (κ2) is 8.30. The van der Waals surface area contributed by atoms with Crippen molar-refractivity contribution in [2.24, 2.45) is 0 Å². The predicted octanol–water partition coefficient (Wildman–Crippen LogP) is 2.05. The zero-order valence-electron chi connectivity index (χ0n) is 11.5. The Morgan fingerprint density at radius 2 is 2.18 bits per heavy atom. The topological polar surface area (TPSA) is 15.7 Å². The standard InChI is InChI=1S/C13H27ClN2O/c1-4-6-15(7-5-14)10-13-11-16(12(2)3)8-9-17-13/h12-13H,4-11H2,1-3H3. The molecule has 1 saturated heterocycles. The summed E-state index contributed by atoms with van der Waals surface area (Å²) in [6, 6.07) is 0.619. The van der Waals surface area contributed by atoms with E-state index >= 15 is 0 Å². The molecule has 0 radical (unpaired) electrons. The fraction of sp³-hybridized carbons (Fsp3) is 1.00. The third-order valence-electron chi connectivity index (χ3n) is 3.30. The largest absolute Gasteiger partial charge is 0.374 e. The summed E-state index contributed by atoms with van der Waals surface area (Å²) in [7, 11) is 0. The van der Waals surface area contributed by atoms with Crippen LogP contribution in [0.1, 0.15) is 27.2 Å². The number of morpholine rings is 1. The number of hydrogen-bond donors (Lipinski definition) is 0. The van der Waals surface area contributed by atoms with E-state index in [1.807, 2.05) is 0 Å². The van der Waals surface area contributed by atoms with Crippen molar-refractivity contribution in [3.05, 3.63) is 0 Å². The number of nitrogens with zero attached hydrogens (tertiary/aromatic N) is 2. The van der Waals surface area contributed by atoms with Crippen LogP contribution in [0.5, 0.6) is 0 Å². The van der Waals surface area contributed by atoms with Crippen molar-refractivity contribution in [1.82, 2.24) is 9.80 Å². The van der Waals surface area contributed by atoms with Crippen LogP contribution in [-0.2, 0) is 4.74 Å². The Balaban J connectivity index is 2.37. The molecular formula is C13H27ClN2O. The number of alkyl halides is 1. The summed E-state index contributed by atoms with van der Waals surface area (Å²) < 4.78 is 5.86. The molecule has 102 valence electrons. The molecule has 1 fully saturated rings. The van der Waals surface area contributed by atoms with Crippen LogP contribution in [0.2, 0.25) is 0 Å². The van der Waals surface area contributed by atoms with Crippen LogP contribution < -0.4 is 0 Å². The van der Waals surface area contributed by atoms with Crippen molar-refractivity contribution >= 4 is 11.6 Å². The van der Waals surface area contributed by atoms with E-state index in [1.54, 1.807) is 0 Å². The highest BCUT2D eigenvalue weighted by Gasteiger charge is 2.23. The molecule has 1 atom stereocenters. The number of halogens is 1. The van der Waals surface area contributed by atoms with Gasteiger partial charge in [-0.25, -0.2) is 0 Å². The van der Waals surface area contributed by atoms with Gasteiger partial charge in [0.1, 0.15) is 0 Å². The van der Waals surface area contributed by atoms with Crippen LogP contribution in [0.3, 0.4) is 0 Å². The van der Waals surface area contributed by atoms with Gasteiger partial charge in [-0.3, -0.25) is 9.80 Å². The normalized spacial score (nSPS) is 22.6. The van der Waals surface area contributed by atoms with Gasteiger partial charge >= 0.3 is 0 Å². The molecule has 1 heterocycles. The summed E-state index contributed by atoms with van der Waals surface area (Å²) >= 11 is 5.84. The van der Waals surface area contributed by atoms with E-state index in [1.165, 1.54) is 6.42 Å². The number of hydrogen-bond acceptors (Lipinski definition) is 3. The van der Waals surface area contributed by atoms with Crippen molar-refractivity contribution in [3.63, 3.8) is 0 Å². The maximum atomic E-state index is 5.86. The van der Waals surface area contributed by atoms with E-state index < -0.39 is 0 Å². The molecule has 0 N–H and O–H groups in total. The van der Waals surface area contributed by atoms with Gasteiger partial charge in [0.15, 0.2) is 0 Å². The minimum absolute atomic E-state index is 0.348. The van der Waals surface area contributed by atoms with E-state index in [2.05, 4.69) is 30.6 Å². The molecule has 4 heteroatoms. The van der Waals surface area contributed by atoms with Crippen LogP contribution in [0.4, 0.5) is 0 Å². The molecule has 1 unspecified atom stereocenters. The quantitative estimate of drug-likeness (QED) is 0.653. The summed E-state index contributed by atoms with van der Waals surface area (Å²) in [4.78, 5) is 4.92. The second-order valence-electron chi connectivity index (χ2n) is 5.07.